The fraction of sp³-hybridized carbons (Fsp3) is 0.286. The topological polar surface area (TPSA) is 126 Å². The molecule has 0 saturated carbocycles. The molecule has 30 heavy (non-hydrogen) atoms. The molecule has 2 aliphatic heterocycles. The number of anilines is 1. The quantitative estimate of drug-likeness (QED) is 0.388. The van der Waals surface area contributed by atoms with E-state index in [0.717, 1.165) is 0 Å². The highest BCUT2D eigenvalue weighted by atomic mass is 16.6. The first-order chi connectivity index (χ1) is 14.4. The Morgan fingerprint density at radius 3 is 2.60 bits per heavy atom. The van der Waals surface area contributed by atoms with Gasteiger partial charge in [0.05, 0.1) is 6.61 Å². The number of rotatable bonds is 7. The lowest BCUT2D eigenvalue weighted by Gasteiger charge is -2.35. The number of hydrogen-bond acceptors (Lipinski definition) is 8. The molecule has 9 nitrogen and oxygen atoms in total. The highest BCUT2D eigenvalue weighted by molar-refractivity contribution is 6.21. The number of carbonyl (C=O) groups is 3. The van der Waals surface area contributed by atoms with Crippen molar-refractivity contribution in [3.63, 3.8) is 0 Å². The Morgan fingerprint density at radius 1 is 1.20 bits per heavy atom. The van der Waals surface area contributed by atoms with Crippen LogP contribution in [0.2, 0.25) is 0 Å². The minimum Gasteiger partial charge on any atom is -0.460 e. The van der Waals surface area contributed by atoms with E-state index in [1.54, 1.807) is 24.3 Å². The zero-order valence-electron chi connectivity index (χ0n) is 16.7. The standard InChI is InChI=1S/C21H22N2O7/c1-4-9-28-19(25)16-17(22)30-12(2)15(18(24)29-11-10-27-3)21(16)13-7-5-6-8-14(13)23-20(21)26/h4-8H,1,9-11,22H2,2-3H3,(H,23,26)/t21-/m1/s1. The molecule has 0 bridgehead atoms. The lowest BCUT2D eigenvalue weighted by molar-refractivity contribution is -0.143. The molecular weight excluding hydrogens is 392 g/mol. The van der Waals surface area contributed by atoms with Crippen LogP contribution in [-0.4, -0.2) is 44.8 Å². The van der Waals surface area contributed by atoms with Gasteiger partial charge in [-0.25, -0.2) is 9.59 Å². The lowest BCUT2D eigenvalue weighted by Crippen LogP contribution is -2.48. The highest BCUT2D eigenvalue weighted by Crippen LogP contribution is 2.52. The average molecular weight is 414 g/mol. The first-order valence-electron chi connectivity index (χ1n) is 9.14. The first-order valence-corrected chi connectivity index (χ1v) is 9.14. The van der Waals surface area contributed by atoms with Crippen molar-refractivity contribution in [3.05, 3.63) is 65.3 Å². The van der Waals surface area contributed by atoms with Crippen LogP contribution in [-0.2, 0) is 38.7 Å². The molecule has 0 radical (unpaired) electrons. The third-order valence-electron chi connectivity index (χ3n) is 4.79. The smallest absolute Gasteiger partial charge is 0.341 e. The van der Waals surface area contributed by atoms with E-state index in [2.05, 4.69) is 11.9 Å². The maximum absolute atomic E-state index is 13.4. The fourth-order valence-corrected chi connectivity index (χ4v) is 3.64. The minimum atomic E-state index is -1.88. The number of methoxy groups -OCH3 is 1. The molecule has 1 atom stereocenters. The van der Waals surface area contributed by atoms with Crippen molar-refractivity contribution in [1.29, 1.82) is 0 Å². The number of nitrogens with one attached hydrogen (secondary N) is 1. The zero-order chi connectivity index (χ0) is 21.9. The van der Waals surface area contributed by atoms with E-state index >= 15 is 0 Å². The summed E-state index contributed by atoms with van der Waals surface area (Å²) in [5.41, 5.74) is 4.51. The monoisotopic (exact) mass is 414 g/mol. The van der Waals surface area contributed by atoms with E-state index in [1.807, 2.05) is 0 Å². The first kappa shape index (κ1) is 21.1. The molecule has 1 aromatic rings. The Labute approximate surface area is 173 Å². The van der Waals surface area contributed by atoms with E-state index in [-0.39, 0.29) is 42.6 Å². The lowest BCUT2D eigenvalue weighted by atomic mass is 9.67. The van der Waals surface area contributed by atoms with E-state index in [4.69, 9.17) is 24.7 Å². The Bertz CT molecular complexity index is 979. The Balaban J connectivity index is 2.23. The van der Waals surface area contributed by atoms with Crippen LogP contribution in [0.1, 0.15) is 12.5 Å². The molecule has 0 aliphatic carbocycles. The molecule has 2 heterocycles. The molecule has 3 N–H and O–H groups in total. The van der Waals surface area contributed by atoms with Crippen LogP contribution in [0.5, 0.6) is 0 Å². The summed E-state index contributed by atoms with van der Waals surface area (Å²) in [4.78, 5) is 39.4. The van der Waals surface area contributed by atoms with Crippen LogP contribution < -0.4 is 11.1 Å². The Kier molecular flexibility index (Phi) is 5.93. The van der Waals surface area contributed by atoms with Gasteiger partial charge in [0, 0.05) is 18.4 Å². The van der Waals surface area contributed by atoms with Gasteiger partial charge in [-0.3, -0.25) is 4.79 Å². The number of allylic oxidation sites excluding steroid dienone is 1. The largest absolute Gasteiger partial charge is 0.460 e. The summed E-state index contributed by atoms with van der Waals surface area (Å²) in [7, 11) is 1.46. The summed E-state index contributed by atoms with van der Waals surface area (Å²) in [6.45, 7) is 4.96. The molecule has 2 aliphatic rings. The van der Waals surface area contributed by atoms with Crippen molar-refractivity contribution < 1.29 is 33.3 Å². The number of hydrogen-bond donors (Lipinski definition) is 2. The Hall–Kier alpha value is -3.59. The van der Waals surface area contributed by atoms with Crippen molar-refractivity contribution in [2.75, 3.05) is 32.2 Å². The van der Waals surface area contributed by atoms with Crippen LogP contribution in [0.3, 0.4) is 0 Å². The van der Waals surface area contributed by atoms with Gasteiger partial charge in [0.25, 0.3) is 0 Å². The van der Waals surface area contributed by atoms with Crippen LogP contribution >= 0.6 is 0 Å². The molecule has 1 spiro atoms. The van der Waals surface area contributed by atoms with Gasteiger partial charge in [0.2, 0.25) is 11.8 Å². The number of para-hydroxylation sites is 1. The average Bonchev–Trinajstić information content (AvgIpc) is 2.98. The van der Waals surface area contributed by atoms with Crippen molar-refractivity contribution in [3.8, 4) is 0 Å². The molecule has 3 rings (SSSR count). The van der Waals surface area contributed by atoms with Crippen LogP contribution in [0.4, 0.5) is 5.69 Å². The van der Waals surface area contributed by atoms with Gasteiger partial charge in [-0.2, -0.15) is 0 Å². The van der Waals surface area contributed by atoms with Crippen LogP contribution in [0.25, 0.3) is 0 Å². The molecule has 158 valence electrons. The summed E-state index contributed by atoms with van der Waals surface area (Å²) in [6.07, 6.45) is 1.37. The van der Waals surface area contributed by atoms with Crippen molar-refractivity contribution >= 4 is 23.5 Å². The molecule has 1 amide bonds. The second-order valence-electron chi connectivity index (χ2n) is 6.54. The normalized spacial score (nSPS) is 19.9. The summed E-state index contributed by atoms with van der Waals surface area (Å²) in [5.74, 6) is -2.67. The number of amides is 1. The van der Waals surface area contributed by atoms with Gasteiger partial charge in [-0.05, 0) is 13.0 Å². The summed E-state index contributed by atoms with van der Waals surface area (Å²) >= 11 is 0. The summed E-state index contributed by atoms with van der Waals surface area (Å²) in [6, 6.07) is 6.68. The van der Waals surface area contributed by atoms with E-state index in [1.165, 1.54) is 20.1 Å². The third kappa shape index (κ3) is 3.22. The zero-order valence-corrected chi connectivity index (χ0v) is 16.7. The fourth-order valence-electron chi connectivity index (χ4n) is 3.64. The van der Waals surface area contributed by atoms with Gasteiger partial charge < -0.3 is 30.0 Å². The van der Waals surface area contributed by atoms with Gasteiger partial charge in [-0.1, -0.05) is 30.9 Å². The van der Waals surface area contributed by atoms with E-state index in [0.29, 0.717) is 11.3 Å². The molecule has 1 aromatic carbocycles. The SMILES string of the molecule is C=CCOC(=O)C1=C(N)OC(C)=C(C(=O)OCCOC)[C@@]12C(=O)Nc1ccccc12. The molecule has 0 aromatic heterocycles. The number of fused-ring (bicyclic) bond motifs is 2. The summed E-state index contributed by atoms with van der Waals surface area (Å²) in [5, 5.41) is 2.71. The van der Waals surface area contributed by atoms with Crippen LogP contribution in [0, 0.1) is 0 Å². The second kappa shape index (κ2) is 8.42. The number of ether oxygens (including phenoxy) is 4. The molecular formula is C21H22N2O7. The molecule has 0 unspecified atom stereocenters. The van der Waals surface area contributed by atoms with Gasteiger partial charge in [-0.15, -0.1) is 0 Å². The maximum Gasteiger partial charge on any atom is 0.341 e. The van der Waals surface area contributed by atoms with Gasteiger partial charge in [0.15, 0.2) is 0 Å². The molecule has 0 fully saturated rings. The van der Waals surface area contributed by atoms with Gasteiger partial charge in [0.1, 0.15) is 35.5 Å². The predicted octanol–water partition coefficient (Wildman–Crippen LogP) is 1.27. The molecule has 0 saturated heterocycles. The number of benzene rings is 1. The predicted molar refractivity (Wildman–Crippen MR) is 106 cm³/mol. The highest BCUT2D eigenvalue weighted by Gasteiger charge is 2.61. The number of esters is 2. The van der Waals surface area contributed by atoms with Crippen molar-refractivity contribution in [2.45, 2.75) is 12.3 Å². The van der Waals surface area contributed by atoms with E-state index < -0.39 is 23.3 Å². The Morgan fingerprint density at radius 2 is 1.90 bits per heavy atom. The van der Waals surface area contributed by atoms with Gasteiger partial charge >= 0.3 is 11.9 Å². The van der Waals surface area contributed by atoms with Crippen molar-refractivity contribution in [2.24, 2.45) is 5.73 Å². The maximum atomic E-state index is 13.4. The molecule has 9 heteroatoms. The number of nitrogens with two attached hydrogens (primary N) is 1. The van der Waals surface area contributed by atoms with E-state index in [9.17, 15) is 14.4 Å². The van der Waals surface area contributed by atoms with Crippen LogP contribution in [0.15, 0.2) is 59.7 Å². The second-order valence-corrected chi connectivity index (χ2v) is 6.54. The van der Waals surface area contributed by atoms with Crippen molar-refractivity contribution in [1.82, 2.24) is 0 Å². The minimum absolute atomic E-state index is 0.0436. The number of carbonyl (C=O) groups excluding carboxylic acids is 3. The summed E-state index contributed by atoms with van der Waals surface area (Å²) < 4.78 is 20.8. The third-order valence-corrected chi connectivity index (χ3v) is 4.79.